The molecule has 5 nitrogen and oxygen atoms in total. The number of hydrogen-bond donors (Lipinski definition) is 1. The highest BCUT2D eigenvalue weighted by atomic mass is 16.6. The van der Waals surface area contributed by atoms with Gasteiger partial charge in [0.15, 0.2) is 0 Å². The molecule has 0 radical (unpaired) electrons. The number of hydrogen-bond acceptors (Lipinski definition) is 3. The van der Waals surface area contributed by atoms with Crippen molar-refractivity contribution in [3.63, 3.8) is 0 Å². The quantitative estimate of drug-likeness (QED) is 0.919. The van der Waals surface area contributed by atoms with Gasteiger partial charge in [0.2, 0.25) is 0 Å². The maximum atomic E-state index is 12.2. The highest BCUT2D eigenvalue weighted by Gasteiger charge is 2.50. The predicted octanol–water partition coefficient (Wildman–Crippen LogP) is 2.90. The Hall–Kier alpha value is -2.04. The molecule has 0 spiro atoms. The van der Waals surface area contributed by atoms with Crippen molar-refractivity contribution in [1.29, 1.82) is 0 Å². The lowest BCUT2D eigenvalue weighted by atomic mass is 9.91. The lowest BCUT2D eigenvalue weighted by molar-refractivity contribution is -0.149. The van der Waals surface area contributed by atoms with Crippen LogP contribution in [0, 0.1) is 0 Å². The van der Waals surface area contributed by atoms with Crippen LogP contribution < -0.4 is 4.74 Å². The van der Waals surface area contributed by atoms with Crippen LogP contribution in [0.1, 0.15) is 32.6 Å². The first-order chi connectivity index (χ1) is 9.60. The Labute approximate surface area is 118 Å². The van der Waals surface area contributed by atoms with E-state index in [9.17, 15) is 14.7 Å². The number of benzene rings is 1. The fourth-order valence-corrected chi connectivity index (χ4v) is 2.79. The number of carbonyl (C=O) groups excluding carboxylic acids is 1. The summed E-state index contributed by atoms with van der Waals surface area (Å²) in [6, 6.07) is 8.71. The smallest absolute Gasteiger partial charge is 0.416 e. The highest BCUT2D eigenvalue weighted by Crippen LogP contribution is 2.34. The van der Waals surface area contributed by atoms with E-state index in [4.69, 9.17) is 4.74 Å². The minimum atomic E-state index is -1.11. The number of nitrogens with zero attached hydrogens (tertiary/aromatic N) is 1. The third-order valence-electron chi connectivity index (χ3n) is 3.72. The molecule has 2 rings (SSSR count). The molecular formula is C15H19NO4. The molecule has 1 aliphatic heterocycles. The number of carboxylic acid groups (broad SMARTS) is 1. The fourth-order valence-electron chi connectivity index (χ4n) is 2.79. The second kappa shape index (κ2) is 5.94. The molecule has 0 aromatic heterocycles. The summed E-state index contributed by atoms with van der Waals surface area (Å²) in [5.41, 5.74) is -1.11. The summed E-state index contributed by atoms with van der Waals surface area (Å²) in [4.78, 5) is 25.2. The zero-order valence-electron chi connectivity index (χ0n) is 11.5. The van der Waals surface area contributed by atoms with E-state index in [-0.39, 0.29) is 0 Å². The van der Waals surface area contributed by atoms with E-state index >= 15 is 0 Å². The van der Waals surface area contributed by atoms with Gasteiger partial charge in [0.05, 0.1) is 0 Å². The van der Waals surface area contributed by atoms with Crippen molar-refractivity contribution in [3.8, 4) is 5.75 Å². The normalized spacial score (nSPS) is 21.8. The van der Waals surface area contributed by atoms with Gasteiger partial charge in [-0.3, -0.25) is 4.90 Å². The Morgan fingerprint density at radius 2 is 2.05 bits per heavy atom. The topological polar surface area (TPSA) is 66.8 Å². The molecule has 1 amide bonds. The van der Waals surface area contributed by atoms with Crippen LogP contribution in [0.2, 0.25) is 0 Å². The van der Waals surface area contributed by atoms with Crippen LogP contribution >= 0.6 is 0 Å². The lowest BCUT2D eigenvalue weighted by Crippen LogP contribution is -2.53. The van der Waals surface area contributed by atoms with Crippen molar-refractivity contribution < 1.29 is 19.4 Å². The van der Waals surface area contributed by atoms with Crippen molar-refractivity contribution >= 4 is 12.1 Å². The molecule has 1 fully saturated rings. The van der Waals surface area contributed by atoms with E-state index in [1.165, 1.54) is 4.90 Å². The summed E-state index contributed by atoms with van der Waals surface area (Å²) < 4.78 is 5.27. The molecule has 0 bridgehead atoms. The van der Waals surface area contributed by atoms with Gasteiger partial charge in [0.25, 0.3) is 0 Å². The van der Waals surface area contributed by atoms with Crippen LogP contribution in [0.25, 0.3) is 0 Å². The van der Waals surface area contributed by atoms with Gasteiger partial charge in [-0.25, -0.2) is 9.59 Å². The third kappa shape index (κ3) is 2.61. The van der Waals surface area contributed by atoms with Crippen LogP contribution in [0.4, 0.5) is 4.79 Å². The molecule has 1 heterocycles. The van der Waals surface area contributed by atoms with Gasteiger partial charge in [-0.15, -0.1) is 0 Å². The van der Waals surface area contributed by atoms with Crippen molar-refractivity contribution in [2.24, 2.45) is 0 Å². The third-order valence-corrected chi connectivity index (χ3v) is 3.72. The molecule has 1 aromatic carbocycles. The van der Waals surface area contributed by atoms with Crippen LogP contribution in [0.3, 0.4) is 0 Å². The van der Waals surface area contributed by atoms with Crippen LogP contribution in [-0.4, -0.2) is 34.2 Å². The van der Waals surface area contributed by atoms with Gasteiger partial charge < -0.3 is 9.84 Å². The zero-order chi connectivity index (χ0) is 14.6. The Bertz CT molecular complexity index is 488. The summed E-state index contributed by atoms with van der Waals surface area (Å²) in [5.74, 6) is -0.512. The van der Waals surface area contributed by atoms with Gasteiger partial charge in [-0.1, -0.05) is 31.5 Å². The first-order valence-corrected chi connectivity index (χ1v) is 6.88. The summed E-state index contributed by atoms with van der Waals surface area (Å²) in [5, 5.41) is 9.53. The average molecular weight is 277 g/mol. The van der Waals surface area contributed by atoms with E-state index < -0.39 is 17.6 Å². The Morgan fingerprint density at radius 1 is 1.35 bits per heavy atom. The molecule has 1 saturated heterocycles. The Balaban J connectivity index is 2.17. The Morgan fingerprint density at radius 3 is 2.65 bits per heavy atom. The monoisotopic (exact) mass is 277 g/mol. The molecule has 0 saturated carbocycles. The molecule has 1 aliphatic rings. The fraction of sp³-hybridized carbons (Fsp3) is 0.467. The molecule has 1 unspecified atom stereocenters. The summed E-state index contributed by atoms with van der Waals surface area (Å²) in [6.07, 6.45) is 1.76. The average Bonchev–Trinajstić information content (AvgIpc) is 2.85. The second-order valence-electron chi connectivity index (χ2n) is 5.02. The summed E-state index contributed by atoms with van der Waals surface area (Å²) >= 11 is 0. The van der Waals surface area contributed by atoms with E-state index in [1.54, 1.807) is 24.3 Å². The molecule has 5 heteroatoms. The van der Waals surface area contributed by atoms with Gasteiger partial charge >= 0.3 is 12.1 Å². The molecular weight excluding hydrogens is 258 g/mol. The van der Waals surface area contributed by atoms with Crippen LogP contribution in [0.5, 0.6) is 5.75 Å². The van der Waals surface area contributed by atoms with E-state index in [0.29, 0.717) is 38.0 Å². The number of para-hydroxylation sites is 1. The minimum Gasteiger partial charge on any atom is -0.479 e. The number of rotatable bonds is 4. The number of carboxylic acids is 1. The molecule has 0 aliphatic carbocycles. The number of ether oxygens (including phenoxy) is 1. The highest BCUT2D eigenvalue weighted by molar-refractivity contribution is 5.85. The van der Waals surface area contributed by atoms with E-state index in [2.05, 4.69) is 0 Å². The summed E-state index contributed by atoms with van der Waals surface area (Å²) in [7, 11) is 0. The number of likely N-dealkylation sites (tertiary alicyclic amines) is 1. The molecule has 1 N–H and O–H groups in total. The lowest BCUT2D eigenvalue weighted by Gasteiger charge is -2.33. The maximum Gasteiger partial charge on any atom is 0.416 e. The van der Waals surface area contributed by atoms with Gasteiger partial charge in [-0.05, 0) is 31.4 Å². The SMILES string of the molecule is CCCC1(C(=O)O)CCCN1C(=O)Oc1ccccc1. The predicted molar refractivity (Wildman–Crippen MR) is 73.7 cm³/mol. The van der Waals surface area contributed by atoms with Crippen LogP contribution in [-0.2, 0) is 4.79 Å². The zero-order valence-corrected chi connectivity index (χ0v) is 11.5. The summed E-state index contributed by atoms with van der Waals surface area (Å²) in [6.45, 7) is 2.35. The Kier molecular flexibility index (Phi) is 4.27. The standard InChI is InChI=1S/C15H19NO4/c1-2-9-15(13(17)18)10-6-11-16(15)14(19)20-12-7-4-3-5-8-12/h3-5,7-8H,2,6,9-11H2,1H3,(H,17,18). The molecule has 20 heavy (non-hydrogen) atoms. The van der Waals surface area contributed by atoms with Crippen molar-refractivity contribution in [3.05, 3.63) is 30.3 Å². The van der Waals surface area contributed by atoms with E-state index in [0.717, 1.165) is 0 Å². The van der Waals surface area contributed by atoms with Gasteiger partial charge in [0.1, 0.15) is 11.3 Å². The molecule has 108 valence electrons. The van der Waals surface area contributed by atoms with Gasteiger partial charge in [0, 0.05) is 6.54 Å². The molecule has 1 atom stereocenters. The largest absolute Gasteiger partial charge is 0.479 e. The number of amides is 1. The van der Waals surface area contributed by atoms with Crippen LogP contribution in [0.15, 0.2) is 30.3 Å². The van der Waals surface area contributed by atoms with Crippen molar-refractivity contribution in [1.82, 2.24) is 4.90 Å². The molecule has 1 aromatic rings. The second-order valence-corrected chi connectivity index (χ2v) is 5.02. The first-order valence-electron chi connectivity index (χ1n) is 6.88. The van der Waals surface area contributed by atoms with Crippen molar-refractivity contribution in [2.75, 3.05) is 6.54 Å². The minimum absolute atomic E-state index is 0.429. The maximum absolute atomic E-state index is 12.2. The van der Waals surface area contributed by atoms with E-state index in [1.807, 2.05) is 13.0 Å². The van der Waals surface area contributed by atoms with Gasteiger partial charge in [-0.2, -0.15) is 0 Å². The number of aliphatic carboxylic acids is 1. The van der Waals surface area contributed by atoms with Crippen molar-refractivity contribution in [2.45, 2.75) is 38.1 Å². The first kappa shape index (κ1) is 14.4. The number of carbonyl (C=O) groups is 2.